The zero-order chi connectivity index (χ0) is 24.7. The van der Waals surface area contributed by atoms with E-state index in [-0.39, 0.29) is 77.4 Å². The van der Waals surface area contributed by atoms with Gasteiger partial charge in [0.2, 0.25) is 0 Å². The van der Waals surface area contributed by atoms with Crippen molar-refractivity contribution >= 4 is 53.5 Å². The number of phenolic OH excluding ortho intramolecular Hbond substituents is 1. The molecule has 0 atom stereocenters. The first-order valence-corrected chi connectivity index (χ1v) is 11.2. The number of benzene rings is 2. The molecule has 0 aromatic heterocycles. The Morgan fingerprint density at radius 1 is 0.694 bits per heavy atom. The van der Waals surface area contributed by atoms with E-state index in [2.05, 4.69) is 21.3 Å². The number of aliphatic hydroxyl groups excluding tert-OH is 2. The highest BCUT2D eigenvalue weighted by atomic mass is 35.5. The maximum Gasteiger partial charge on any atom is 0.200 e. The van der Waals surface area contributed by atoms with Crippen molar-refractivity contribution in [3.05, 3.63) is 52.1 Å². The highest BCUT2D eigenvalue weighted by Gasteiger charge is 2.38. The lowest BCUT2D eigenvalue weighted by Crippen LogP contribution is -2.29. The van der Waals surface area contributed by atoms with Gasteiger partial charge >= 0.3 is 0 Å². The molecule has 0 aliphatic heterocycles. The van der Waals surface area contributed by atoms with Crippen molar-refractivity contribution in [2.24, 2.45) is 0 Å². The van der Waals surface area contributed by atoms with Crippen LogP contribution in [0.3, 0.4) is 0 Å². The third kappa shape index (κ3) is 6.73. The summed E-state index contributed by atoms with van der Waals surface area (Å²) in [4.78, 5) is 39.5. The van der Waals surface area contributed by atoms with Crippen LogP contribution in [0.2, 0.25) is 0 Å². The van der Waals surface area contributed by atoms with Crippen molar-refractivity contribution in [3.8, 4) is 5.75 Å². The molecule has 198 valence electrons. The number of aromatic hydroxyl groups is 1. The van der Waals surface area contributed by atoms with Crippen LogP contribution in [0, 0.1) is 0 Å². The third-order valence-corrected chi connectivity index (χ3v) is 5.49. The lowest BCUT2D eigenvalue weighted by atomic mass is 9.79. The summed E-state index contributed by atoms with van der Waals surface area (Å²) >= 11 is 0. The molecule has 0 radical (unpaired) electrons. The summed E-state index contributed by atoms with van der Waals surface area (Å²) in [5.74, 6) is -1.80. The highest BCUT2D eigenvalue weighted by Crippen LogP contribution is 2.40. The van der Waals surface area contributed by atoms with Gasteiger partial charge < -0.3 is 36.6 Å². The van der Waals surface area contributed by atoms with Crippen LogP contribution in [-0.2, 0) is 0 Å². The monoisotopic (exact) mass is 542 g/mol. The summed E-state index contributed by atoms with van der Waals surface area (Å²) in [6.07, 6.45) is 0. The van der Waals surface area contributed by atoms with E-state index in [9.17, 15) is 19.5 Å². The molecule has 3 rings (SSSR count). The molecule has 0 amide bonds. The lowest BCUT2D eigenvalue weighted by Gasteiger charge is -2.25. The van der Waals surface area contributed by atoms with E-state index < -0.39 is 11.6 Å². The number of anilines is 2. The largest absolute Gasteiger partial charge is 0.507 e. The zero-order valence-corrected chi connectivity index (χ0v) is 21.5. The number of rotatable bonds is 13. The predicted molar refractivity (Wildman–Crippen MR) is 143 cm³/mol. The van der Waals surface area contributed by atoms with Crippen LogP contribution in [0.5, 0.6) is 5.75 Å². The Balaban J connectivity index is 0.00000324. The van der Waals surface area contributed by atoms with Crippen molar-refractivity contribution in [1.29, 1.82) is 0 Å². The number of Topliss-reactive ketones (excluding diaryl/α,β-unsaturated/α-hetero) is 1. The van der Waals surface area contributed by atoms with Gasteiger partial charge in [-0.2, -0.15) is 0 Å². The molecule has 0 saturated carbocycles. The number of hydrogen-bond acceptors (Lipinski definition) is 10. The summed E-state index contributed by atoms with van der Waals surface area (Å²) in [7, 11) is 0. The molecule has 0 unspecified atom stereocenters. The van der Waals surface area contributed by atoms with E-state index in [1.807, 2.05) is 0 Å². The van der Waals surface area contributed by atoms with Crippen LogP contribution >= 0.6 is 24.8 Å². The van der Waals surface area contributed by atoms with E-state index in [0.717, 1.165) is 0 Å². The van der Waals surface area contributed by atoms with E-state index >= 15 is 0 Å². The average molecular weight is 543 g/mol. The van der Waals surface area contributed by atoms with Crippen LogP contribution in [0.15, 0.2) is 24.3 Å². The SMILES string of the molecule is CC(=O)c1ccc(O)c2c1C(=O)c1c(NCCNCCO)ccc(NCCNCCO)c1C2=O.Cl.Cl. The number of carbonyl (C=O) groups excluding carboxylic acids is 3. The number of hydrogen-bond donors (Lipinski definition) is 7. The van der Waals surface area contributed by atoms with Gasteiger partial charge in [-0.25, -0.2) is 0 Å². The second-order valence-corrected chi connectivity index (χ2v) is 7.81. The first-order valence-electron chi connectivity index (χ1n) is 11.2. The zero-order valence-electron chi connectivity index (χ0n) is 19.8. The van der Waals surface area contributed by atoms with Crippen molar-refractivity contribution in [3.63, 3.8) is 0 Å². The molecule has 0 heterocycles. The fourth-order valence-corrected chi connectivity index (χ4v) is 3.95. The van der Waals surface area contributed by atoms with E-state index in [1.54, 1.807) is 12.1 Å². The quantitative estimate of drug-likeness (QED) is 0.123. The van der Waals surface area contributed by atoms with Gasteiger partial charge in [-0.15, -0.1) is 24.8 Å². The summed E-state index contributed by atoms with van der Waals surface area (Å²) in [6.45, 7) is 4.07. The van der Waals surface area contributed by atoms with E-state index in [0.29, 0.717) is 50.6 Å². The number of halogens is 2. The van der Waals surface area contributed by atoms with Crippen molar-refractivity contribution in [2.75, 3.05) is 63.1 Å². The summed E-state index contributed by atoms with van der Waals surface area (Å²) < 4.78 is 0. The molecule has 0 spiro atoms. The molecule has 0 fully saturated rings. The Kier molecular flexibility index (Phi) is 12.8. The van der Waals surface area contributed by atoms with Gasteiger partial charge in [0.25, 0.3) is 0 Å². The minimum absolute atomic E-state index is 0. The van der Waals surface area contributed by atoms with Gasteiger partial charge in [-0.1, -0.05) is 0 Å². The highest BCUT2D eigenvalue weighted by molar-refractivity contribution is 6.34. The van der Waals surface area contributed by atoms with Crippen molar-refractivity contribution in [2.45, 2.75) is 6.92 Å². The molecular weight excluding hydrogens is 511 g/mol. The first kappa shape index (κ1) is 31.3. The Labute approximate surface area is 221 Å². The van der Waals surface area contributed by atoms with Crippen molar-refractivity contribution < 1.29 is 29.7 Å². The molecule has 10 nitrogen and oxygen atoms in total. The predicted octanol–water partition coefficient (Wildman–Crippen LogP) is 1.20. The molecule has 0 bridgehead atoms. The summed E-state index contributed by atoms with van der Waals surface area (Å²) in [5, 5.41) is 40.6. The number of nitrogens with one attached hydrogen (secondary N) is 4. The Hall–Kier alpha value is -2.73. The molecule has 36 heavy (non-hydrogen) atoms. The smallest absolute Gasteiger partial charge is 0.200 e. The van der Waals surface area contributed by atoms with Gasteiger partial charge in [0.1, 0.15) is 5.75 Å². The Bertz CT molecular complexity index is 1100. The minimum Gasteiger partial charge on any atom is -0.507 e. The van der Waals surface area contributed by atoms with Gasteiger partial charge in [0.05, 0.1) is 29.9 Å². The number of ketones is 3. The molecular formula is C24H32Cl2N4O6. The van der Waals surface area contributed by atoms with E-state index in [4.69, 9.17) is 10.2 Å². The molecule has 7 N–H and O–H groups in total. The Morgan fingerprint density at radius 2 is 1.17 bits per heavy atom. The molecule has 12 heteroatoms. The van der Waals surface area contributed by atoms with Crippen LogP contribution in [-0.4, -0.2) is 85.2 Å². The second kappa shape index (κ2) is 14.7. The lowest BCUT2D eigenvalue weighted by molar-refractivity contribution is 0.0966. The summed E-state index contributed by atoms with van der Waals surface area (Å²) in [6, 6.07) is 6.00. The molecule has 0 saturated heterocycles. The van der Waals surface area contributed by atoms with Gasteiger partial charge in [0, 0.05) is 61.8 Å². The Morgan fingerprint density at radius 3 is 1.61 bits per heavy atom. The third-order valence-electron chi connectivity index (χ3n) is 5.49. The second-order valence-electron chi connectivity index (χ2n) is 7.81. The fourth-order valence-electron chi connectivity index (χ4n) is 3.95. The number of aliphatic hydroxyl groups is 2. The molecule has 2 aromatic rings. The molecule has 1 aliphatic rings. The van der Waals surface area contributed by atoms with Crippen LogP contribution in [0.1, 0.15) is 49.1 Å². The number of carbonyl (C=O) groups is 3. The average Bonchev–Trinajstić information content (AvgIpc) is 2.82. The standard InChI is InChI=1S/C24H30N4O6.2ClH/c1-14(31)15-2-5-18(32)22-19(15)23(33)20-16(27-8-6-25-10-12-29)3-4-17(21(20)24(22)34)28-9-7-26-11-13-30;;/h2-5,25-30,32H,6-13H2,1H3;2*1H. The first-order chi connectivity index (χ1) is 16.4. The summed E-state index contributed by atoms with van der Waals surface area (Å²) in [5.41, 5.74) is 0.957. The molecule has 2 aromatic carbocycles. The number of phenols is 1. The van der Waals surface area contributed by atoms with Gasteiger partial charge in [0.15, 0.2) is 17.3 Å². The number of fused-ring (bicyclic) bond motifs is 2. The van der Waals surface area contributed by atoms with E-state index in [1.165, 1.54) is 19.1 Å². The fraction of sp³-hybridized carbons (Fsp3) is 0.375. The topological polar surface area (TPSA) is 160 Å². The maximum absolute atomic E-state index is 13.7. The van der Waals surface area contributed by atoms with Crippen LogP contribution < -0.4 is 21.3 Å². The van der Waals surface area contributed by atoms with Crippen LogP contribution in [0.4, 0.5) is 11.4 Å². The van der Waals surface area contributed by atoms with Crippen molar-refractivity contribution in [1.82, 2.24) is 10.6 Å². The molecule has 1 aliphatic carbocycles. The maximum atomic E-state index is 13.7. The normalized spacial score (nSPS) is 11.6. The van der Waals surface area contributed by atoms with Gasteiger partial charge in [-0.05, 0) is 31.2 Å². The van der Waals surface area contributed by atoms with Gasteiger partial charge in [-0.3, -0.25) is 14.4 Å². The minimum atomic E-state index is -0.543. The van der Waals surface area contributed by atoms with Crippen LogP contribution in [0.25, 0.3) is 0 Å².